The summed E-state index contributed by atoms with van der Waals surface area (Å²) in [5, 5.41) is 13.1. The van der Waals surface area contributed by atoms with Gasteiger partial charge in [0.05, 0.1) is 6.10 Å². The molecule has 0 aromatic heterocycles. The van der Waals surface area contributed by atoms with Crippen molar-refractivity contribution in [3.63, 3.8) is 0 Å². The molecule has 0 spiro atoms. The Hall–Kier alpha value is -1.06. The molecule has 0 radical (unpaired) electrons. The van der Waals surface area contributed by atoms with Crippen LogP contribution in [0.5, 0.6) is 0 Å². The van der Waals surface area contributed by atoms with Crippen LogP contribution in [0.1, 0.15) is 44.1 Å². The van der Waals surface area contributed by atoms with Crippen LogP contribution in [0.2, 0.25) is 0 Å². The first kappa shape index (κ1) is 13.9. The van der Waals surface area contributed by atoms with Crippen molar-refractivity contribution in [2.45, 2.75) is 57.2 Å². The predicted octanol–water partition coefficient (Wildman–Crippen LogP) is 2.68. The molecule has 1 aromatic rings. The molecule has 3 nitrogen and oxygen atoms in total. The zero-order valence-corrected chi connectivity index (χ0v) is 12.2. The van der Waals surface area contributed by atoms with E-state index in [1.807, 2.05) is 0 Å². The highest BCUT2D eigenvalue weighted by molar-refractivity contribution is 5.48. The fraction of sp³-hybridized carbons (Fsp3) is 0.647. The maximum atomic E-state index is 9.51. The van der Waals surface area contributed by atoms with Crippen LogP contribution in [0.25, 0.3) is 0 Å². The summed E-state index contributed by atoms with van der Waals surface area (Å²) in [6, 6.07) is 9.59. The Labute approximate surface area is 122 Å². The van der Waals surface area contributed by atoms with Gasteiger partial charge in [-0.3, -0.25) is 0 Å². The van der Waals surface area contributed by atoms with E-state index in [4.69, 9.17) is 0 Å². The van der Waals surface area contributed by atoms with Crippen molar-refractivity contribution >= 4 is 5.69 Å². The lowest BCUT2D eigenvalue weighted by atomic mass is 9.93. The largest absolute Gasteiger partial charge is 0.393 e. The Balaban J connectivity index is 1.48. The molecule has 0 unspecified atom stereocenters. The number of nitrogens with one attached hydrogen (secondary N) is 1. The van der Waals surface area contributed by atoms with Crippen molar-refractivity contribution in [1.82, 2.24) is 5.32 Å². The third-order valence-electron chi connectivity index (χ3n) is 4.70. The molecule has 1 saturated carbocycles. The first-order valence-electron chi connectivity index (χ1n) is 8.06. The van der Waals surface area contributed by atoms with Crippen LogP contribution in [0.3, 0.4) is 0 Å². The number of benzene rings is 1. The van der Waals surface area contributed by atoms with Crippen molar-refractivity contribution < 1.29 is 5.11 Å². The summed E-state index contributed by atoms with van der Waals surface area (Å²) >= 11 is 0. The van der Waals surface area contributed by atoms with Gasteiger partial charge < -0.3 is 15.3 Å². The smallest absolute Gasteiger partial charge is 0.0541 e. The number of hydrogen-bond donors (Lipinski definition) is 2. The Morgan fingerprint density at radius 1 is 1.00 bits per heavy atom. The minimum atomic E-state index is -0.0622. The molecule has 1 aliphatic heterocycles. The maximum Gasteiger partial charge on any atom is 0.0541 e. The van der Waals surface area contributed by atoms with Gasteiger partial charge in [0.25, 0.3) is 0 Å². The molecule has 20 heavy (non-hydrogen) atoms. The maximum absolute atomic E-state index is 9.51. The highest BCUT2D eigenvalue weighted by Crippen LogP contribution is 2.21. The van der Waals surface area contributed by atoms with Gasteiger partial charge in [-0.15, -0.1) is 0 Å². The Kier molecular flexibility index (Phi) is 4.58. The van der Waals surface area contributed by atoms with Crippen molar-refractivity contribution in [1.29, 1.82) is 0 Å². The first-order valence-corrected chi connectivity index (χ1v) is 8.06. The molecular formula is C17H26N2O. The van der Waals surface area contributed by atoms with E-state index in [1.54, 1.807) is 0 Å². The van der Waals surface area contributed by atoms with Crippen LogP contribution in [0.15, 0.2) is 24.3 Å². The number of aliphatic hydroxyl groups is 1. The number of hydrogen-bond acceptors (Lipinski definition) is 3. The summed E-state index contributed by atoms with van der Waals surface area (Å²) in [6.45, 7) is 3.37. The molecule has 1 saturated heterocycles. The number of rotatable bonds is 4. The second kappa shape index (κ2) is 6.59. The van der Waals surface area contributed by atoms with Crippen LogP contribution in [-0.4, -0.2) is 30.3 Å². The summed E-state index contributed by atoms with van der Waals surface area (Å²) in [6.07, 6.45) is 6.71. The van der Waals surface area contributed by atoms with Crippen LogP contribution in [0.4, 0.5) is 5.69 Å². The van der Waals surface area contributed by atoms with E-state index in [0.717, 1.165) is 32.2 Å². The highest BCUT2D eigenvalue weighted by atomic mass is 16.3. The van der Waals surface area contributed by atoms with Gasteiger partial charge in [-0.05, 0) is 56.2 Å². The van der Waals surface area contributed by atoms with E-state index < -0.39 is 0 Å². The number of nitrogens with zero attached hydrogens (tertiary/aromatic N) is 1. The molecule has 3 heteroatoms. The second-order valence-corrected chi connectivity index (χ2v) is 6.25. The molecule has 1 aromatic carbocycles. The Morgan fingerprint density at radius 3 is 2.30 bits per heavy atom. The van der Waals surface area contributed by atoms with Gasteiger partial charge in [0.15, 0.2) is 0 Å². The van der Waals surface area contributed by atoms with Crippen molar-refractivity contribution in [2.24, 2.45) is 0 Å². The summed E-state index contributed by atoms with van der Waals surface area (Å²) in [4.78, 5) is 2.47. The van der Waals surface area contributed by atoms with Crippen molar-refractivity contribution in [3.05, 3.63) is 29.8 Å². The van der Waals surface area contributed by atoms with E-state index in [2.05, 4.69) is 34.5 Å². The lowest BCUT2D eigenvalue weighted by Gasteiger charge is -2.26. The quantitative estimate of drug-likeness (QED) is 0.886. The average Bonchev–Trinajstić information content (AvgIpc) is 3.01. The predicted molar refractivity (Wildman–Crippen MR) is 83.0 cm³/mol. The van der Waals surface area contributed by atoms with Gasteiger partial charge in [0.1, 0.15) is 0 Å². The molecule has 1 heterocycles. The standard InChI is InChI=1S/C17H26N2O/c20-17-9-5-15(6-10-17)18-13-14-3-7-16(8-4-14)19-11-1-2-12-19/h3-4,7-8,15,17-18,20H,1-2,5-6,9-13H2. The molecule has 2 N–H and O–H groups in total. The summed E-state index contributed by atoms with van der Waals surface area (Å²) in [7, 11) is 0. The highest BCUT2D eigenvalue weighted by Gasteiger charge is 2.18. The monoisotopic (exact) mass is 274 g/mol. The first-order chi connectivity index (χ1) is 9.81. The number of aliphatic hydroxyl groups excluding tert-OH is 1. The molecular weight excluding hydrogens is 248 g/mol. The summed E-state index contributed by atoms with van der Waals surface area (Å²) in [5.41, 5.74) is 2.73. The van der Waals surface area contributed by atoms with Gasteiger partial charge in [-0.2, -0.15) is 0 Å². The minimum Gasteiger partial charge on any atom is -0.393 e. The van der Waals surface area contributed by atoms with E-state index in [1.165, 1.54) is 37.2 Å². The Morgan fingerprint density at radius 2 is 1.65 bits per heavy atom. The SMILES string of the molecule is OC1CCC(NCc2ccc(N3CCCC3)cc2)CC1. The average molecular weight is 274 g/mol. The van der Waals surface area contributed by atoms with E-state index >= 15 is 0 Å². The lowest BCUT2D eigenvalue weighted by Crippen LogP contribution is -2.34. The summed E-state index contributed by atoms with van der Waals surface area (Å²) < 4.78 is 0. The van der Waals surface area contributed by atoms with E-state index in [9.17, 15) is 5.11 Å². The van der Waals surface area contributed by atoms with Gasteiger partial charge >= 0.3 is 0 Å². The topological polar surface area (TPSA) is 35.5 Å². The molecule has 1 aliphatic carbocycles. The van der Waals surface area contributed by atoms with Crippen LogP contribution in [0, 0.1) is 0 Å². The lowest BCUT2D eigenvalue weighted by molar-refractivity contribution is 0.116. The minimum absolute atomic E-state index is 0.0622. The van der Waals surface area contributed by atoms with Gasteiger partial charge in [-0.1, -0.05) is 12.1 Å². The fourth-order valence-corrected chi connectivity index (χ4v) is 3.34. The zero-order valence-electron chi connectivity index (χ0n) is 12.2. The zero-order chi connectivity index (χ0) is 13.8. The molecule has 3 rings (SSSR count). The molecule has 0 atom stereocenters. The molecule has 110 valence electrons. The van der Waals surface area contributed by atoms with Crippen molar-refractivity contribution in [2.75, 3.05) is 18.0 Å². The third kappa shape index (κ3) is 3.53. The Bertz CT molecular complexity index is 404. The van der Waals surface area contributed by atoms with Crippen LogP contribution < -0.4 is 10.2 Å². The normalized spacial score (nSPS) is 26.9. The van der Waals surface area contributed by atoms with Gasteiger partial charge in [0.2, 0.25) is 0 Å². The van der Waals surface area contributed by atoms with E-state index in [0.29, 0.717) is 6.04 Å². The third-order valence-corrected chi connectivity index (χ3v) is 4.70. The van der Waals surface area contributed by atoms with Crippen LogP contribution in [-0.2, 0) is 6.54 Å². The fourth-order valence-electron chi connectivity index (χ4n) is 3.34. The number of anilines is 1. The van der Waals surface area contributed by atoms with Gasteiger partial charge in [-0.25, -0.2) is 0 Å². The van der Waals surface area contributed by atoms with E-state index in [-0.39, 0.29) is 6.10 Å². The molecule has 2 fully saturated rings. The van der Waals surface area contributed by atoms with Crippen LogP contribution >= 0.6 is 0 Å². The van der Waals surface area contributed by atoms with Gasteiger partial charge in [0, 0.05) is 31.4 Å². The molecule has 0 bridgehead atoms. The molecule has 0 amide bonds. The van der Waals surface area contributed by atoms with Crippen molar-refractivity contribution in [3.8, 4) is 0 Å². The molecule has 2 aliphatic rings. The second-order valence-electron chi connectivity index (χ2n) is 6.25. The summed E-state index contributed by atoms with van der Waals surface area (Å²) in [5.74, 6) is 0.